The van der Waals surface area contributed by atoms with Crippen molar-refractivity contribution in [2.75, 3.05) is 19.3 Å². The molecular weight excluding hydrogens is 414 g/mol. The van der Waals surface area contributed by atoms with E-state index in [0.29, 0.717) is 30.1 Å². The summed E-state index contributed by atoms with van der Waals surface area (Å²) >= 11 is 0. The van der Waals surface area contributed by atoms with Crippen LogP contribution in [0.2, 0.25) is 0 Å². The quantitative estimate of drug-likeness (QED) is 0.733. The molecule has 2 fully saturated rings. The lowest BCUT2D eigenvalue weighted by Crippen LogP contribution is -2.51. The van der Waals surface area contributed by atoms with Crippen LogP contribution in [-0.4, -0.2) is 65.8 Å². The first kappa shape index (κ1) is 21.8. The SMILES string of the molecule is CS(=O)(=O)c1ccc(-c2ccc(CN(C3CCC3)C3CCN(C(=O)O)CC3)cn2)cc1. The number of pyridine rings is 1. The first-order valence-corrected chi connectivity index (χ1v) is 12.7. The van der Waals surface area contributed by atoms with Gasteiger partial charge in [0.15, 0.2) is 9.84 Å². The molecule has 1 aromatic heterocycles. The molecule has 1 aromatic carbocycles. The fourth-order valence-corrected chi connectivity index (χ4v) is 5.07. The van der Waals surface area contributed by atoms with Crippen molar-refractivity contribution in [2.24, 2.45) is 0 Å². The van der Waals surface area contributed by atoms with Crippen LogP contribution in [0.4, 0.5) is 4.79 Å². The van der Waals surface area contributed by atoms with Gasteiger partial charge in [0.05, 0.1) is 10.6 Å². The summed E-state index contributed by atoms with van der Waals surface area (Å²) in [5.74, 6) is 0. The molecule has 1 aliphatic heterocycles. The summed E-state index contributed by atoms with van der Waals surface area (Å²) < 4.78 is 23.3. The number of carbonyl (C=O) groups is 1. The highest BCUT2D eigenvalue weighted by molar-refractivity contribution is 7.90. The maximum atomic E-state index is 11.6. The van der Waals surface area contributed by atoms with Crippen LogP contribution in [0.25, 0.3) is 11.3 Å². The average Bonchev–Trinajstić information content (AvgIpc) is 2.72. The predicted molar refractivity (Wildman–Crippen MR) is 119 cm³/mol. The van der Waals surface area contributed by atoms with Gasteiger partial charge in [-0.25, -0.2) is 13.2 Å². The lowest BCUT2D eigenvalue weighted by molar-refractivity contribution is 0.0350. The summed E-state index contributed by atoms with van der Waals surface area (Å²) in [6, 6.07) is 11.9. The third kappa shape index (κ3) is 5.07. The van der Waals surface area contributed by atoms with Crippen molar-refractivity contribution in [2.45, 2.75) is 55.6 Å². The molecule has 0 spiro atoms. The minimum absolute atomic E-state index is 0.304. The number of likely N-dealkylation sites (tertiary alicyclic amines) is 1. The largest absolute Gasteiger partial charge is 0.465 e. The van der Waals surface area contributed by atoms with Crippen LogP contribution in [0.5, 0.6) is 0 Å². The molecule has 0 unspecified atom stereocenters. The molecule has 7 nitrogen and oxygen atoms in total. The van der Waals surface area contributed by atoms with Gasteiger partial charge in [-0.1, -0.05) is 24.6 Å². The summed E-state index contributed by atoms with van der Waals surface area (Å²) in [4.78, 5) is 20.2. The van der Waals surface area contributed by atoms with Crippen LogP contribution in [0.1, 0.15) is 37.7 Å². The van der Waals surface area contributed by atoms with E-state index < -0.39 is 15.9 Å². The maximum absolute atomic E-state index is 11.6. The Bertz CT molecular complexity index is 1010. The fourth-order valence-electron chi connectivity index (χ4n) is 4.44. The van der Waals surface area contributed by atoms with Crippen LogP contribution in [0.15, 0.2) is 47.5 Å². The highest BCUT2D eigenvalue weighted by Crippen LogP contribution is 2.31. The summed E-state index contributed by atoms with van der Waals surface area (Å²) in [5, 5.41) is 9.21. The number of sulfone groups is 1. The van der Waals surface area contributed by atoms with Crippen molar-refractivity contribution in [3.05, 3.63) is 48.2 Å². The smallest absolute Gasteiger partial charge is 0.407 e. The van der Waals surface area contributed by atoms with E-state index in [4.69, 9.17) is 0 Å². The van der Waals surface area contributed by atoms with Gasteiger partial charge in [0, 0.05) is 49.7 Å². The van der Waals surface area contributed by atoms with Crippen molar-refractivity contribution in [3.8, 4) is 11.3 Å². The zero-order valence-corrected chi connectivity index (χ0v) is 18.6. The first-order valence-electron chi connectivity index (χ1n) is 10.8. The van der Waals surface area contributed by atoms with Gasteiger partial charge < -0.3 is 10.0 Å². The first-order chi connectivity index (χ1) is 14.8. The summed E-state index contributed by atoms with van der Waals surface area (Å²) in [6.07, 6.45) is 7.71. The monoisotopic (exact) mass is 443 g/mol. The molecule has 166 valence electrons. The van der Waals surface area contributed by atoms with Gasteiger partial charge in [0.2, 0.25) is 0 Å². The molecular formula is C23H29N3O4S. The predicted octanol–water partition coefficient (Wildman–Crippen LogP) is 3.65. The summed E-state index contributed by atoms with van der Waals surface area (Å²) in [5.41, 5.74) is 2.84. The molecule has 1 N–H and O–H groups in total. The summed E-state index contributed by atoms with van der Waals surface area (Å²) in [7, 11) is -3.21. The minimum Gasteiger partial charge on any atom is -0.465 e. The zero-order chi connectivity index (χ0) is 22.0. The number of amides is 1. The van der Waals surface area contributed by atoms with Crippen molar-refractivity contribution in [1.82, 2.24) is 14.8 Å². The third-order valence-electron chi connectivity index (χ3n) is 6.52. The molecule has 1 aliphatic carbocycles. The van der Waals surface area contributed by atoms with Gasteiger partial charge in [-0.3, -0.25) is 9.88 Å². The van der Waals surface area contributed by atoms with Gasteiger partial charge in [-0.05, 0) is 49.4 Å². The maximum Gasteiger partial charge on any atom is 0.407 e. The lowest BCUT2D eigenvalue weighted by atomic mass is 9.88. The molecule has 8 heteroatoms. The van der Waals surface area contributed by atoms with Gasteiger partial charge in [-0.15, -0.1) is 0 Å². The Labute approximate surface area is 183 Å². The van der Waals surface area contributed by atoms with E-state index in [2.05, 4.69) is 16.0 Å². The number of piperidine rings is 1. The van der Waals surface area contributed by atoms with Crippen molar-refractivity contribution >= 4 is 15.9 Å². The summed E-state index contributed by atoms with van der Waals surface area (Å²) in [6.45, 7) is 2.02. The van der Waals surface area contributed by atoms with Crippen LogP contribution in [0.3, 0.4) is 0 Å². The Morgan fingerprint density at radius 3 is 2.19 bits per heavy atom. The van der Waals surface area contributed by atoms with Gasteiger partial charge in [0.1, 0.15) is 0 Å². The van der Waals surface area contributed by atoms with Crippen molar-refractivity contribution in [1.29, 1.82) is 0 Å². The molecule has 2 heterocycles. The molecule has 1 saturated heterocycles. The Morgan fingerprint density at radius 2 is 1.71 bits per heavy atom. The standard InChI is InChI=1S/C23H29N3O4S/c1-31(29,30)21-8-6-18(7-9-21)22-10-5-17(15-24-22)16-26(19-3-2-4-19)20-11-13-25(14-12-20)23(27)28/h5-10,15,19-20H,2-4,11-14,16H2,1H3,(H,27,28). The number of hydrogen-bond donors (Lipinski definition) is 1. The molecule has 2 aliphatic rings. The normalized spacial score (nSPS) is 18.2. The number of aromatic nitrogens is 1. The molecule has 0 atom stereocenters. The van der Waals surface area contributed by atoms with E-state index in [-0.39, 0.29) is 0 Å². The zero-order valence-electron chi connectivity index (χ0n) is 17.8. The highest BCUT2D eigenvalue weighted by Gasteiger charge is 2.33. The second-order valence-corrected chi connectivity index (χ2v) is 10.6. The van der Waals surface area contributed by atoms with E-state index in [1.165, 1.54) is 30.4 Å². The number of hydrogen-bond acceptors (Lipinski definition) is 5. The van der Waals surface area contributed by atoms with E-state index in [9.17, 15) is 18.3 Å². The van der Waals surface area contributed by atoms with E-state index in [0.717, 1.165) is 36.2 Å². The van der Waals surface area contributed by atoms with Gasteiger partial charge in [0.25, 0.3) is 0 Å². The molecule has 31 heavy (non-hydrogen) atoms. The highest BCUT2D eigenvalue weighted by atomic mass is 32.2. The number of nitrogens with zero attached hydrogens (tertiary/aromatic N) is 3. The van der Waals surface area contributed by atoms with Gasteiger partial charge in [-0.2, -0.15) is 0 Å². The Hall–Kier alpha value is -2.45. The third-order valence-corrected chi connectivity index (χ3v) is 7.64. The van der Waals surface area contributed by atoms with Crippen molar-refractivity contribution in [3.63, 3.8) is 0 Å². The fraction of sp³-hybridized carbons (Fsp3) is 0.478. The molecule has 0 radical (unpaired) electrons. The molecule has 4 rings (SSSR count). The minimum atomic E-state index is -3.21. The second kappa shape index (κ2) is 8.96. The van der Waals surface area contributed by atoms with E-state index in [1.54, 1.807) is 24.3 Å². The van der Waals surface area contributed by atoms with Crippen LogP contribution in [-0.2, 0) is 16.4 Å². The second-order valence-electron chi connectivity index (χ2n) is 8.61. The van der Waals surface area contributed by atoms with Crippen LogP contribution in [0, 0.1) is 0 Å². The molecule has 0 bridgehead atoms. The van der Waals surface area contributed by atoms with Crippen LogP contribution >= 0.6 is 0 Å². The Balaban J connectivity index is 1.44. The lowest BCUT2D eigenvalue weighted by Gasteiger charge is -2.45. The number of benzene rings is 1. The van der Waals surface area contributed by atoms with Crippen LogP contribution < -0.4 is 0 Å². The Morgan fingerprint density at radius 1 is 1.06 bits per heavy atom. The molecule has 1 amide bonds. The van der Waals surface area contributed by atoms with Gasteiger partial charge >= 0.3 is 6.09 Å². The molecule has 2 aromatic rings. The average molecular weight is 444 g/mol. The van der Waals surface area contributed by atoms with E-state index >= 15 is 0 Å². The topological polar surface area (TPSA) is 90.8 Å². The van der Waals surface area contributed by atoms with E-state index in [1.807, 2.05) is 12.3 Å². The van der Waals surface area contributed by atoms with Crippen molar-refractivity contribution < 1.29 is 18.3 Å². The number of carboxylic acid groups (broad SMARTS) is 1. The molecule has 1 saturated carbocycles. The Kier molecular flexibility index (Phi) is 6.29. The number of rotatable bonds is 6.